The number of aliphatic hydroxyl groups is 1. The molecule has 0 aliphatic heterocycles. The van der Waals surface area contributed by atoms with Crippen LogP contribution in [0.2, 0.25) is 0 Å². The van der Waals surface area contributed by atoms with E-state index < -0.39 is 17.7 Å². The largest absolute Gasteiger partial charge is 0.391 e. The lowest BCUT2D eigenvalue weighted by atomic mass is 9.77. The second-order valence-corrected chi connectivity index (χ2v) is 5.92. The van der Waals surface area contributed by atoms with Gasteiger partial charge in [0.1, 0.15) is 0 Å². The summed E-state index contributed by atoms with van der Waals surface area (Å²) >= 11 is 0. The molecule has 0 heterocycles. The number of alkyl halides is 3. The minimum absolute atomic E-state index is 0.0618. The van der Waals surface area contributed by atoms with Crippen molar-refractivity contribution in [2.45, 2.75) is 50.3 Å². The molecule has 114 valence electrons. The second-order valence-electron chi connectivity index (χ2n) is 5.92. The number of carbonyl (C=O) groups excluding carboxylic acids is 1. The highest BCUT2D eigenvalue weighted by atomic mass is 19.4. The minimum atomic E-state index is -4.27. The molecule has 0 radical (unpaired) electrons. The number of allylic oxidation sites excluding steroid dienone is 2. The van der Waals surface area contributed by atoms with Crippen LogP contribution in [0, 0.1) is 11.8 Å². The zero-order chi connectivity index (χ0) is 14.8. The lowest BCUT2D eigenvalue weighted by Crippen LogP contribution is -2.49. The molecule has 2 aliphatic carbocycles. The van der Waals surface area contributed by atoms with Crippen LogP contribution in [0.15, 0.2) is 12.2 Å². The molecule has 0 saturated heterocycles. The summed E-state index contributed by atoms with van der Waals surface area (Å²) in [6.07, 6.45) is 1.27. The van der Waals surface area contributed by atoms with Crippen molar-refractivity contribution in [3.8, 4) is 0 Å². The summed E-state index contributed by atoms with van der Waals surface area (Å²) in [7, 11) is 0. The summed E-state index contributed by atoms with van der Waals surface area (Å²) in [5, 5.41) is 12.9. The first kappa shape index (κ1) is 15.4. The second kappa shape index (κ2) is 5.76. The van der Waals surface area contributed by atoms with Crippen molar-refractivity contribution in [3.05, 3.63) is 12.2 Å². The van der Waals surface area contributed by atoms with Crippen LogP contribution in [0.25, 0.3) is 0 Å². The summed E-state index contributed by atoms with van der Waals surface area (Å²) < 4.78 is 38.2. The van der Waals surface area contributed by atoms with Crippen LogP contribution in [0.1, 0.15) is 38.5 Å². The van der Waals surface area contributed by atoms with E-state index >= 15 is 0 Å². The van der Waals surface area contributed by atoms with Crippen LogP contribution < -0.4 is 5.32 Å². The topological polar surface area (TPSA) is 49.3 Å². The number of nitrogens with one attached hydrogen (secondary N) is 1. The average molecular weight is 291 g/mol. The summed E-state index contributed by atoms with van der Waals surface area (Å²) in [6, 6.07) is 0. The molecule has 3 nitrogen and oxygen atoms in total. The van der Waals surface area contributed by atoms with Gasteiger partial charge >= 0.3 is 6.18 Å². The lowest BCUT2D eigenvalue weighted by Gasteiger charge is -2.37. The molecule has 0 bridgehead atoms. The summed E-state index contributed by atoms with van der Waals surface area (Å²) in [5.74, 6) is -1.79. The fourth-order valence-electron chi connectivity index (χ4n) is 3.01. The lowest BCUT2D eigenvalue weighted by molar-refractivity contribution is -0.200. The van der Waals surface area contributed by atoms with Crippen LogP contribution in [0.5, 0.6) is 0 Å². The molecule has 20 heavy (non-hydrogen) atoms. The van der Waals surface area contributed by atoms with Gasteiger partial charge in [0.25, 0.3) is 0 Å². The zero-order valence-electron chi connectivity index (χ0n) is 11.2. The monoisotopic (exact) mass is 291 g/mol. The number of amides is 1. The Hall–Kier alpha value is -1.04. The number of halogens is 3. The SMILES string of the molecule is O=C(NC[C@@]1(O)CCC[C@H](C(F)(F)F)C1)C1CC=CC1. The van der Waals surface area contributed by atoms with Crippen LogP contribution in [-0.4, -0.2) is 29.3 Å². The van der Waals surface area contributed by atoms with Gasteiger partial charge in [-0.25, -0.2) is 0 Å². The molecule has 2 aliphatic rings. The predicted octanol–water partition coefficient (Wildman–Crippen LogP) is 2.55. The first-order valence-electron chi connectivity index (χ1n) is 7.02. The maximum Gasteiger partial charge on any atom is 0.391 e. The van der Waals surface area contributed by atoms with Gasteiger partial charge in [0.15, 0.2) is 0 Å². The van der Waals surface area contributed by atoms with Gasteiger partial charge in [-0.2, -0.15) is 13.2 Å². The first-order chi connectivity index (χ1) is 9.30. The molecule has 6 heteroatoms. The minimum Gasteiger partial charge on any atom is -0.388 e. The predicted molar refractivity (Wildman–Crippen MR) is 67.8 cm³/mol. The van der Waals surface area contributed by atoms with Gasteiger partial charge in [-0.1, -0.05) is 12.2 Å². The molecular weight excluding hydrogens is 271 g/mol. The standard InChI is InChI=1S/C14H20F3NO2/c15-14(16,17)11-6-3-7-13(20,8-11)9-18-12(19)10-4-1-2-5-10/h1-2,10-11,20H,3-9H2,(H,18,19)/t11-,13+/m0/s1. The Morgan fingerprint density at radius 3 is 2.60 bits per heavy atom. The molecule has 0 unspecified atom stereocenters. The van der Waals surface area contributed by atoms with Gasteiger partial charge in [-0.05, 0) is 38.5 Å². The highest BCUT2D eigenvalue weighted by Crippen LogP contribution is 2.41. The van der Waals surface area contributed by atoms with E-state index in [1.807, 2.05) is 12.2 Å². The van der Waals surface area contributed by atoms with Crippen molar-refractivity contribution in [1.29, 1.82) is 0 Å². The van der Waals surface area contributed by atoms with E-state index in [1.54, 1.807) is 0 Å². The maximum atomic E-state index is 12.7. The Balaban J connectivity index is 1.85. The van der Waals surface area contributed by atoms with E-state index in [0.717, 1.165) is 0 Å². The van der Waals surface area contributed by atoms with Gasteiger partial charge in [0.05, 0.1) is 11.5 Å². The van der Waals surface area contributed by atoms with Gasteiger partial charge in [0, 0.05) is 12.5 Å². The number of hydrogen-bond donors (Lipinski definition) is 2. The van der Waals surface area contributed by atoms with Crippen LogP contribution in [-0.2, 0) is 4.79 Å². The Morgan fingerprint density at radius 2 is 2.00 bits per heavy atom. The van der Waals surface area contributed by atoms with E-state index in [0.29, 0.717) is 25.7 Å². The molecule has 2 atom stereocenters. The van der Waals surface area contributed by atoms with Gasteiger partial charge < -0.3 is 10.4 Å². The van der Waals surface area contributed by atoms with Crippen molar-refractivity contribution < 1.29 is 23.1 Å². The molecule has 2 N–H and O–H groups in total. The van der Waals surface area contributed by atoms with E-state index in [-0.39, 0.29) is 31.2 Å². The highest BCUT2D eigenvalue weighted by molar-refractivity contribution is 5.79. The van der Waals surface area contributed by atoms with Crippen molar-refractivity contribution in [1.82, 2.24) is 5.32 Å². The Kier molecular flexibility index (Phi) is 4.42. The summed E-state index contributed by atoms with van der Waals surface area (Å²) in [4.78, 5) is 11.8. The van der Waals surface area contributed by atoms with Crippen molar-refractivity contribution in [2.24, 2.45) is 11.8 Å². The van der Waals surface area contributed by atoms with Gasteiger partial charge in [-0.15, -0.1) is 0 Å². The third kappa shape index (κ3) is 3.75. The van der Waals surface area contributed by atoms with Crippen molar-refractivity contribution in [2.75, 3.05) is 6.54 Å². The molecule has 1 saturated carbocycles. The average Bonchev–Trinajstić information content (AvgIpc) is 2.89. The molecule has 1 fully saturated rings. The summed E-state index contributed by atoms with van der Waals surface area (Å²) in [5.41, 5.74) is -1.43. The van der Waals surface area contributed by atoms with E-state index in [1.165, 1.54) is 0 Å². The van der Waals surface area contributed by atoms with Gasteiger partial charge in [-0.3, -0.25) is 4.79 Å². The van der Waals surface area contributed by atoms with Crippen LogP contribution in [0.3, 0.4) is 0 Å². The Bertz CT molecular complexity index is 386. The normalized spacial score (nSPS) is 31.5. The summed E-state index contributed by atoms with van der Waals surface area (Å²) in [6.45, 7) is -0.0884. The van der Waals surface area contributed by atoms with E-state index in [2.05, 4.69) is 5.32 Å². The maximum absolute atomic E-state index is 12.7. The Labute approximate surface area is 116 Å². The zero-order valence-corrected chi connectivity index (χ0v) is 11.2. The smallest absolute Gasteiger partial charge is 0.388 e. The fraction of sp³-hybridized carbons (Fsp3) is 0.786. The molecule has 1 amide bonds. The molecule has 0 aromatic carbocycles. The van der Waals surface area contributed by atoms with E-state index in [9.17, 15) is 23.1 Å². The fourth-order valence-corrected chi connectivity index (χ4v) is 3.01. The molecule has 0 aromatic rings. The highest BCUT2D eigenvalue weighted by Gasteiger charge is 2.47. The first-order valence-corrected chi connectivity index (χ1v) is 7.02. The molecule has 0 aromatic heterocycles. The third-order valence-electron chi connectivity index (χ3n) is 4.25. The van der Waals surface area contributed by atoms with Crippen LogP contribution >= 0.6 is 0 Å². The molecule has 2 rings (SSSR count). The molecule has 0 spiro atoms. The van der Waals surface area contributed by atoms with Gasteiger partial charge in [0.2, 0.25) is 5.91 Å². The number of carbonyl (C=O) groups is 1. The quantitative estimate of drug-likeness (QED) is 0.785. The van der Waals surface area contributed by atoms with Crippen molar-refractivity contribution in [3.63, 3.8) is 0 Å². The van der Waals surface area contributed by atoms with Crippen molar-refractivity contribution >= 4 is 5.91 Å². The molecular formula is C14H20F3NO2. The third-order valence-corrected chi connectivity index (χ3v) is 4.25. The van der Waals surface area contributed by atoms with Crippen LogP contribution in [0.4, 0.5) is 13.2 Å². The number of rotatable bonds is 3. The number of hydrogen-bond acceptors (Lipinski definition) is 2. The van der Waals surface area contributed by atoms with E-state index in [4.69, 9.17) is 0 Å². The Morgan fingerprint density at radius 1 is 1.35 bits per heavy atom.